The lowest BCUT2D eigenvalue weighted by Crippen LogP contribution is -2.38. The number of hydrogen-bond acceptors (Lipinski definition) is 6. The average Bonchev–Trinajstić information content (AvgIpc) is 3.58. The second kappa shape index (κ2) is 15.3. The van der Waals surface area contributed by atoms with Crippen LogP contribution in [0.4, 0.5) is 8.78 Å². The number of rotatable bonds is 13. The van der Waals surface area contributed by atoms with Gasteiger partial charge in [-0.05, 0) is 73.9 Å². The van der Waals surface area contributed by atoms with Crippen molar-refractivity contribution in [3.8, 4) is 16.9 Å². The van der Waals surface area contributed by atoms with Gasteiger partial charge in [0.25, 0.3) is 5.91 Å². The zero-order chi connectivity index (χ0) is 34.4. The third-order valence-electron chi connectivity index (χ3n) is 9.17. The minimum Gasteiger partial charge on any atom is -0.433 e. The van der Waals surface area contributed by atoms with Crippen molar-refractivity contribution in [1.82, 2.24) is 9.88 Å². The first-order valence-corrected chi connectivity index (χ1v) is 17.5. The highest BCUT2D eigenvalue weighted by Crippen LogP contribution is 2.35. The van der Waals surface area contributed by atoms with E-state index in [1.807, 2.05) is 79.6 Å². The fourth-order valence-electron chi connectivity index (χ4n) is 6.41. The highest BCUT2D eigenvalue weighted by molar-refractivity contribution is 7.09. The van der Waals surface area contributed by atoms with Crippen molar-refractivity contribution in [2.24, 2.45) is 11.8 Å². The Morgan fingerprint density at radius 2 is 1.65 bits per heavy atom. The van der Waals surface area contributed by atoms with Gasteiger partial charge >= 0.3 is 6.11 Å². The number of amides is 1. The summed E-state index contributed by atoms with van der Waals surface area (Å²) in [6.07, 6.45) is 0.155. The molecule has 2 unspecified atom stereocenters. The SMILES string of the molecule is CCC(CCC(C)C(=O)c1ccccc1)C(=O)c1csc(C2CCN(C(=O)c3cccc(C)c3-c3ccc(OC(C)(F)F)cc3)CC2)n1. The van der Waals surface area contributed by atoms with Crippen LogP contribution in [0.3, 0.4) is 0 Å². The Kier molecular flexibility index (Phi) is 11.2. The Morgan fingerprint density at radius 3 is 2.29 bits per heavy atom. The van der Waals surface area contributed by atoms with Crippen LogP contribution in [0, 0.1) is 18.8 Å². The van der Waals surface area contributed by atoms with Gasteiger partial charge in [-0.25, -0.2) is 4.98 Å². The molecule has 0 saturated carbocycles. The molecule has 0 spiro atoms. The number of aryl methyl sites for hydroxylation is 1. The number of halogens is 2. The van der Waals surface area contributed by atoms with E-state index in [0.717, 1.165) is 34.5 Å². The number of ether oxygens (including phenoxy) is 1. The van der Waals surface area contributed by atoms with Crippen molar-refractivity contribution in [1.29, 1.82) is 0 Å². The van der Waals surface area contributed by atoms with Crippen molar-refractivity contribution in [2.45, 2.75) is 71.8 Å². The Morgan fingerprint density at radius 1 is 0.958 bits per heavy atom. The van der Waals surface area contributed by atoms with Crippen LogP contribution in [-0.2, 0) is 0 Å². The van der Waals surface area contributed by atoms with Gasteiger partial charge in [0.1, 0.15) is 11.4 Å². The summed E-state index contributed by atoms with van der Waals surface area (Å²) in [5.74, 6) is -0.0908. The van der Waals surface area contributed by atoms with Gasteiger partial charge < -0.3 is 9.64 Å². The lowest BCUT2D eigenvalue weighted by molar-refractivity contribution is -0.158. The number of nitrogens with zero attached hydrogens (tertiary/aromatic N) is 2. The third kappa shape index (κ3) is 8.42. The lowest BCUT2D eigenvalue weighted by Gasteiger charge is -2.32. The van der Waals surface area contributed by atoms with Gasteiger partial charge in [0, 0.05) is 54.3 Å². The topological polar surface area (TPSA) is 76.6 Å². The molecule has 48 heavy (non-hydrogen) atoms. The number of likely N-dealkylation sites (tertiary alicyclic amines) is 1. The molecule has 1 aromatic heterocycles. The average molecular weight is 673 g/mol. The fourth-order valence-corrected chi connectivity index (χ4v) is 7.39. The minimum atomic E-state index is -3.28. The Labute approximate surface area is 285 Å². The first kappa shape index (κ1) is 35.1. The molecular formula is C39H42F2N2O4S. The quantitative estimate of drug-likeness (QED) is 0.132. The smallest absolute Gasteiger partial charge is 0.394 e. The van der Waals surface area contributed by atoms with Crippen LogP contribution in [-0.4, -0.2) is 46.6 Å². The molecule has 5 rings (SSSR count). The minimum absolute atomic E-state index is 0.0296. The summed E-state index contributed by atoms with van der Waals surface area (Å²) in [7, 11) is 0. The van der Waals surface area contributed by atoms with Crippen LogP contribution in [0.1, 0.15) is 101 Å². The number of piperidine rings is 1. The monoisotopic (exact) mass is 672 g/mol. The summed E-state index contributed by atoms with van der Waals surface area (Å²) >= 11 is 1.50. The van der Waals surface area contributed by atoms with Crippen molar-refractivity contribution in [2.75, 3.05) is 13.1 Å². The molecule has 1 aliphatic heterocycles. The first-order valence-electron chi connectivity index (χ1n) is 16.6. The molecule has 1 amide bonds. The van der Waals surface area contributed by atoms with Gasteiger partial charge in [-0.15, -0.1) is 11.3 Å². The summed E-state index contributed by atoms with van der Waals surface area (Å²) in [4.78, 5) is 46.7. The number of ketones is 2. The third-order valence-corrected chi connectivity index (χ3v) is 10.2. The standard InChI is InChI=1S/C39H42F2N2O4S/c1-5-27(15-14-26(3)35(44)29-11-7-6-8-12-29)36(45)33-24-48-37(42-33)30-20-22-43(23-21-30)38(46)32-13-9-10-25(2)34(32)28-16-18-31(19-17-28)47-39(4,40)41/h6-13,16-19,24,26-27,30H,5,14-15,20-23H2,1-4H3. The molecule has 3 aromatic carbocycles. The molecule has 252 valence electrons. The molecule has 2 heterocycles. The van der Waals surface area contributed by atoms with Crippen LogP contribution < -0.4 is 4.74 Å². The molecule has 0 bridgehead atoms. The van der Waals surface area contributed by atoms with Crippen molar-refractivity contribution in [3.63, 3.8) is 0 Å². The van der Waals surface area contributed by atoms with Gasteiger partial charge in [-0.3, -0.25) is 14.4 Å². The number of aromatic nitrogens is 1. The Balaban J connectivity index is 1.19. The Hall–Kier alpha value is -4.24. The second-order valence-electron chi connectivity index (χ2n) is 12.7. The number of thiazole rings is 1. The van der Waals surface area contributed by atoms with E-state index in [2.05, 4.69) is 4.74 Å². The second-order valence-corrected chi connectivity index (χ2v) is 13.6. The lowest BCUT2D eigenvalue weighted by atomic mass is 9.87. The molecule has 6 nitrogen and oxygen atoms in total. The summed E-state index contributed by atoms with van der Waals surface area (Å²) in [5, 5.41) is 2.78. The molecule has 0 aliphatic carbocycles. The van der Waals surface area contributed by atoms with E-state index in [1.54, 1.807) is 12.1 Å². The molecular weight excluding hydrogens is 631 g/mol. The largest absolute Gasteiger partial charge is 0.433 e. The number of hydrogen-bond donors (Lipinski definition) is 0. The number of carbonyl (C=O) groups is 3. The molecule has 4 aromatic rings. The number of alkyl halides is 2. The maximum absolute atomic E-state index is 13.8. The van der Waals surface area contributed by atoms with Gasteiger partial charge in [0.05, 0.1) is 5.01 Å². The normalized spacial score (nSPS) is 15.2. The predicted octanol–water partition coefficient (Wildman–Crippen LogP) is 9.64. The highest BCUT2D eigenvalue weighted by atomic mass is 32.1. The molecule has 0 radical (unpaired) electrons. The maximum Gasteiger partial charge on any atom is 0.394 e. The summed E-state index contributed by atoms with van der Waals surface area (Å²) < 4.78 is 31.3. The molecule has 9 heteroatoms. The van der Waals surface area contributed by atoms with E-state index in [4.69, 9.17) is 4.98 Å². The van der Waals surface area contributed by atoms with Gasteiger partial charge in [-0.2, -0.15) is 8.78 Å². The molecule has 1 aliphatic rings. The van der Waals surface area contributed by atoms with E-state index in [-0.39, 0.29) is 41.0 Å². The Bertz CT molecular complexity index is 1720. The van der Waals surface area contributed by atoms with Crippen molar-refractivity contribution < 1.29 is 27.9 Å². The van der Waals surface area contributed by atoms with E-state index in [1.165, 1.54) is 23.5 Å². The van der Waals surface area contributed by atoms with E-state index < -0.39 is 6.11 Å². The van der Waals surface area contributed by atoms with E-state index in [0.29, 0.717) is 56.1 Å². The fraction of sp³-hybridized carbons (Fsp3) is 0.385. The molecule has 2 atom stereocenters. The summed E-state index contributed by atoms with van der Waals surface area (Å²) in [5.41, 5.74) is 4.19. The summed E-state index contributed by atoms with van der Waals surface area (Å²) in [6, 6.07) is 21.2. The van der Waals surface area contributed by atoms with Gasteiger partial charge in [0.15, 0.2) is 11.6 Å². The van der Waals surface area contributed by atoms with Crippen molar-refractivity contribution >= 4 is 28.8 Å². The zero-order valence-corrected chi connectivity index (χ0v) is 28.7. The highest BCUT2D eigenvalue weighted by Gasteiger charge is 2.30. The number of Topliss-reactive ketones (excluding diaryl/α,β-unsaturated/α-hetero) is 2. The van der Waals surface area contributed by atoms with Gasteiger partial charge in [-0.1, -0.05) is 68.4 Å². The van der Waals surface area contributed by atoms with Crippen LogP contribution in [0.2, 0.25) is 0 Å². The van der Waals surface area contributed by atoms with Gasteiger partial charge in [0.2, 0.25) is 0 Å². The maximum atomic E-state index is 13.8. The van der Waals surface area contributed by atoms with Crippen LogP contribution >= 0.6 is 11.3 Å². The zero-order valence-electron chi connectivity index (χ0n) is 27.9. The molecule has 1 fully saturated rings. The van der Waals surface area contributed by atoms with Crippen molar-refractivity contribution in [3.05, 3.63) is 106 Å². The first-order chi connectivity index (χ1) is 22.9. The molecule has 0 N–H and O–H groups in total. The van der Waals surface area contributed by atoms with Crippen LogP contribution in [0.5, 0.6) is 5.75 Å². The number of carbonyl (C=O) groups excluding carboxylic acids is 3. The van der Waals surface area contributed by atoms with Crippen LogP contribution in [0.25, 0.3) is 11.1 Å². The predicted molar refractivity (Wildman–Crippen MR) is 185 cm³/mol. The van der Waals surface area contributed by atoms with E-state index >= 15 is 0 Å². The van der Waals surface area contributed by atoms with Crippen LogP contribution in [0.15, 0.2) is 78.2 Å². The number of benzene rings is 3. The summed E-state index contributed by atoms with van der Waals surface area (Å²) in [6.45, 7) is 7.67. The van der Waals surface area contributed by atoms with E-state index in [9.17, 15) is 23.2 Å². The molecule has 1 saturated heterocycles.